The molecule has 0 atom stereocenters. The zero-order valence-corrected chi connectivity index (χ0v) is 12.3. The van der Waals surface area contributed by atoms with Gasteiger partial charge in [-0.3, -0.25) is 4.79 Å². The minimum absolute atomic E-state index is 0.0314. The number of rotatable bonds is 4. The van der Waals surface area contributed by atoms with Gasteiger partial charge < -0.3 is 5.32 Å². The second-order valence-corrected chi connectivity index (χ2v) is 6.30. The topological polar surface area (TPSA) is 29.1 Å². The molecule has 0 bridgehead atoms. The molecular weight excluding hydrogens is 286 g/mol. The standard InChI is InChI=1S/C16H13NOS2/c18-16(17-11-14-3-1-9-19-14)13-7-5-12(6-8-13)15-4-2-10-20-15/h1-10H,11H2,(H,17,18). The summed E-state index contributed by atoms with van der Waals surface area (Å²) in [6.07, 6.45) is 0. The molecule has 1 amide bonds. The first-order valence-corrected chi connectivity index (χ1v) is 8.03. The Morgan fingerprint density at radius 1 is 0.950 bits per heavy atom. The summed E-state index contributed by atoms with van der Waals surface area (Å²) in [4.78, 5) is 14.4. The van der Waals surface area contributed by atoms with Crippen molar-refractivity contribution in [1.29, 1.82) is 0 Å². The SMILES string of the molecule is O=C(NCc1cccs1)c1ccc(-c2cccs2)cc1. The Morgan fingerprint density at radius 3 is 2.35 bits per heavy atom. The van der Waals surface area contributed by atoms with E-state index >= 15 is 0 Å². The predicted molar refractivity (Wildman–Crippen MR) is 85.2 cm³/mol. The Hall–Kier alpha value is -1.91. The smallest absolute Gasteiger partial charge is 0.251 e. The number of hydrogen-bond acceptors (Lipinski definition) is 3. The van der Waals surface area contributed by atoms with Gasteiger partial charge in [0.05, 0.1) is 6.54 Å². The Kier molecular flexibility index (Phi) is 3.95. The van der Waals surface area contributed by atoms with Crippen LogP contribution in [-0.2, 0) is 6.54 Å². The maximum atomic E-state index is 12.0. The number of hydrogen-bond donors (Lipinski definition) is 1. The minimum atomic E-state index is -0.0314. The van der Waals surface area contributed by atoms with Gasteiger partial charge in [0.15, 0.2) is 0 Å². The summed E-state index contributed by atoms with van der Waals surface area (Å²) < 4.78 is 0. The van der Waals surface area contributed by atoms with Crippen LogP contribution in [0, 0.1) is 0 Å². The van der Waals surface area contributed by atoms with E-state index in [9.17, 15) is 4.79 Å². The molecule has 0 aliphatic heterocycles. The predicted octanol–water partition coefficient (Wildman–Crippen LogP) is 4.41. The van der Waals surface area contributed by atoms with Crippen molar-refractivity contribution in [2.45, 2.75) is 6.54 Å². The summed E-state index contributed by atoms with van der Waals surface area (Å²) >= 11 is 3.35. The molecule has 100 valence electrons. The van der Waals surface area contributed by atoms with E-state index in [1.54, 1.807) is 22.7 Å². The van der Waals surface area contributed by atoms with Gasteiger partial charge in [-0.15, -0.1) is 22.7 Å². The number of benzene rings is 1. The van der Waals surface area contributed by atoms with E-state index in [1.807, 2.05) is 47.8 Å². The third-order valence-corrected chi connectivity index (χ3v) is 4.75. The Labute approximate surface area is 125 Å². The minimum Gasteiger partial charge on any atom is -0.347 e. The van der Waals surface area contributed by atoms with Crippen LogP contribution in [0.3, 0.4) is 0 Å². The molecule has 2 nitrogen and oxygen atoms in total. The normalized spacial score (nSPS) is 10.4. The van der Waals surface area contributed by atoms with E-state index in [1.165, 1.54) is 4.88 Å². The molecule has 3 aromatic rings. The van der Waals surface area contributed by atoms with Crippen LogP contribution in [0.4, 0.5) is 0 Å². The molecule has 0 aliphatic carbocycles. The summed E-state index contributed by atoms with van der Waals surface area (Å²) in [7, 11) is 0. The lowest BCUT2D eigenvalue weighted by Gasteiger charge is -2.04. The van der Waals surface area contributed by atoms with E-state index < -0.39 is 0 Å². The van der Waals surface area contributed by atoms with E-state index in [0.717, 1.165) is 10.4 Å². The Bertz CT molecular complexity index is 670. The van der Waals surface area contributed by atoms with Crippen LogP contribution in [0.1, 0.15) is 15.2 Å². The average molecular weight is 299 g/mol. The molecule has 0 unspecified atom stereocenters. The fraction of sp³-hybridized carbons (Fsp3) is 0.0625. The molecule has 0 aliphatic rings. The first-order chi connectivity index (χ1) is 9.83. The molecule has 0 saturated carbocycles. The zero-order chi connectivity index (χ0) is 13.8. The van der Waals surface area contributed by atoms with Crippen LogP contribution >= 0.6 is 22.7 Å². The molecule has 1 N–H and O–H groups in total. The molecule has 20 heavy (non-hydrogen) atoms. The van der Waals surface area contributed by atoms with Crippen molar-refractivity contribution >= 4 is 28.6 Å². The van der Waals surface area contributed by atoms with E-state index in [-0.39, 0.29) is 5.91 Å². The van der Waals surface area contributed by atoms with Crippen LogP contribution in [0.5, 0.6) is 0 Å². The van der Waals surface area contributed by atoms with E-state index in [4.69, 9.17) is 0 Å². The largest absolute Gasteiger partial charge is 0.347 e. The highest BCUT2D eigenvalue weighted by atomic mass is 32.1. The molecule has 3 rings (SSSR count). The van der Waals surface area contributed by atoms with Crippen molar-refractivity contribution in [1.82, 2.24) is 5.32 Å². The number of nitrogens with one attached hydrogen (secondary N) is 1. The highest BCUT2D eigenvalue weighted by Crippen LogP contribution is 2.24. The van der Waals surface area contributed by atoms with Crippen molar-refractivity contribution in [3.63, 3.8) is 0 Å². The fourth-order valence-corrected chi connectivity index (χ4v) is 3.29. The van der Waals surface area contributed by atoms with Crippen molar-refractivity contribution in [2.75, 3.05) is 0 Å². The summed E-state index contributed by atoms with van der Waals surface area (Å²) in [6, 6.07) is 15.8. The third-order valence-electron chi connectivity index (χ3n) is 2.96. The van der Waals surface area contributed by atoms with Gasteiger partial charge in [-0.1, -0.05) is 24.3 Å². The molecule has 2 heterocycles. The summed E-state index contributed by atoms with van der Waals surface area (Å²) in [5.74, 6) is -0.0314. The number of thiophene rings is 2. The van der Waals surface area contributed by atoms with Gasteiger partial charge >= 0.3 is 0 Å². The van der Waals surface area contributed by atoms with Crippen LogP contribution in [0.2, 0.25) is 0 Å². The Balaban J connectivity index is 1.66. The molecule has 0 fully saturated rings. The van der Waals surface area contributed by atoms with Crippen molar-refractivity contribution in [3.05, 3.63) is 69.7 Å². The van der Waals surface area contributed by atoms with Gasteiger partial charge in [-0.05, 0) is 40.6 Å². The second kappa shape index (κ2) is 6.03. The van der Waals surface area contributed by atoms with Crippen LogP contribution in [0.15, 0.2) is 59.3 Å². The number of carbonyl (C=O) groups is 1. The van der Waals surface area contributed by atoms with E-state index in [0.29, 0.717) is 12.1 Å². The molecule has 4 heteroatoms. The molecular formula is C16H13NOS2. The molecule has 2 aromatic heterocycles. The molecule has 0 saturated heterocycles. The highest BCUT2D eigenvalue weighted by Gasteiger charge is 2.06. The van der Waals surface area contributed by atoms with Crippen molar-refractivity contribution in [2.24, 2.45) is 0 Å². The average Bonchev–Trinajstić information content (AvgIpc) is 3.18. The molecule has 1 aromatic carbocycles. The highest BCUT2D eigenvalue weighted by molar-refractivity contribution is 7.13. The van der Waals surface area contributed by atoms with Gasteiger partial charge in [0, 0.05) is 15.3 Å². The second-order valence-electron chi connectivity index (χ2n) is 4.32. The van der Waals surface area contributed by atoms with Crippen molar-refractivity contribution < 1.29 is 4.79 Å². The quantitative estimate of drug-likeness (QED) is 0.760. The summed E-state index contributed by atoms with van der Waals surface area (Å²) in [5, 5.41) is 6.99. The van der Waals surface area contributed by atoms with Gasteiger partial charge in [0.25, 0.3) is 5.91 Å². The van der Waals surface area contributed by atoms with Gasteiger partial charge in [-0.25, -0.2) is 0 Å². The monoisotopic (exact) mass is 299 g/mol. The molecule has 0 spiro atoms. The lowest BCUT2D eigenvalue weighted by atomic mass is 10.1. The third kappa shape index (κ3) is 2.98. The lowest BCUT2D eigenvalue weighted by Crippen LogP contribution is -2.22. The maximum absolute atomic E-state index is 12.0. The van der Waals surface area contributed by atoms with Crippen LogP contribution in [0.25, 0.3) is 10.4 Å². The number of carbonyl (C=O) groups excluding carboxylic acids is 1. The lowest BCUT2D eigenvalue weighted by molar-refractivity contribution is 0.0951. The van der Waals surface area contributed by atoms with Crippen LogP contribution in [-0.4, -0.2) is 5.91 Å². The van der Waals surface area contributed by atoms with Gasteiger partial charge in [0.2, 0.25) is 0 Å². The molecule has 0 radical (unpaired) electrons. The first kappa shape index (κ1) is 13.1. The van der Waals surface area contributed by atoms with E-state index in [2.05, 4.69) is 16.8 Å². The number of amides is 1. The van der Waals surface area contributed by atoms with Crippen LogP contribution < -0.4 is 5.32 Å². The van der Waals surface area contributed by atoms with Gasteiger partial charge in [0.1, 0.15) is 0 Å². The van der Waals surface area contributed by atoms with Crippen molar-refractivity contribution in [3.8, 4) is 10.4 Å². The Morgan fingerprint density at radius 2 is 1.70 bits per heavy atom. The summed E-state index contributed by atoms with van der Waals surface area (Å²) in [6.45, 7) is 0.586. The first-order valence-electron chi connectivity index (χ1n) is 6.27. The maximum Gasteiger partial charge on any atom is 0.251 e. The fourth-order valence-electron chi connectivity index (χ4n) is 1.91. The van der Waals surface area contributed by atoms with Gasteiger partial charge in [-0.2, -0.15) is 0 Å². The zero-order valence-electron chi connectivity index (χ0n) is 10.7. The summed E-state index contributed by atoms with van der Waals surface area (Å²) in [5.41, 5.74) is 1.84.